The number of hydrogen-bond donors (Lipinski definition) is 3. The van der Waals surface area contributed by atoms with Crippen molar-refractivity contribution < 1.29 is 18.8 Å². The lowest BCUT2D eigenvalue weighted by atomic mass is 10.0. The molecule has 1 fully saturated rings. The van der Waals surface area contributed by atoms with E-state index in [4.69, 9.17) is 9.26 Å². The molecular weight excluding hydrogens is 492 g/mol. The summed E-state index contributed by atoms with van der Waals surface area (Å²) in [6.45, 7) is 8.64. The molecule has 0 aliphatic carbocycles. The quantitative estimate of drug-likeness (QED) is 0.468. The zero-order valence-corrected chi connectivity index (χ0v) is 20.6. The number of nitrogens with zero attached hydrogens (tertiary/aromatic N) is 3. The van der Waals surface area contributed by atoms with Gasteiger partial charge in [0, 0.05) is 37.6 Å². The second kappa shape index (κ2) is 9.05. The van der Waals surface area contributed by atoms with E-state index < -0.39 is 11.7 Å². The highest BCUT2D eigenvalue weighted by molar-refractivity contribution is 9.10. The van der Waals surface area contributed by atoms with Crippen LogP contribution < -0.4 is 15.5 Å². The summed E-state index contributed by atoms with van der Waals surface area (Å²) in [5, 5.41) is 10.4. The fourth-order valence-electron chi connectivity index (χ4n) is 3.90. The smallest absolute Gasteiger partial charge is 0.407 e. The largest absolute Gasteiger partial charge is 0.444 e. The van der Waals surface area contributed by atoms with Crippen LogP contribution in [0.15, 0.2) is 27.5 Å². The number of amides is 2. The van der Waals surface area contributed by atoms with E-state index in [2.05, 4.69) is 46.6 Å². The van der Waals surface area contributed by atoms with Crippen LogP contribution in [0.5, 0.6) is 0 Å². The first-order chi connectivity index (χ1) is 15.6. The highest BCUT2D eigenvalue weighted by atomic mass is 79.9. The molecule has 3 aromatic heterocycles. The number of rotatable bonds is 4. The van der Waals surface area contributed by atoms with Crippen LogP contribution >= 0.6 is 15.9 Å². The fraction of sp³-hybridized carbons (Fsp3) is 0.455. The van der Waals surface area contributed by atoms with E-state index in [9.17, 15) is 9.59 Å². The maximum atomic E-state index is 12.7. The third-order valence-corrected chi connectivity index (χ3v) is 5.78. The topological polar surface area (TPSA) is 125 Å². The van der Waals surface area contributed by atoms with Crippen molar-refractivity contribution in [1.82, 2.24) is 20.4 Å². The van der Waals surface area contributed by atoms with Crippen LogP contribution in [0, 0.1) is 6.92 Å². The monoisotopic (exact) mass is 518 g/mol. The number of ether oxygens (including phenoxy) is 1. The molecule has 0 aromatic carbocycles. The predicted octanol–water partition coefficient (Wildman–Crippen LogP) is 4.37. The van der Waals surface area contributed by atoms with E-state index >= 15 is 0 Å². The molecule has 4 rings (SSSR count). The minimum absolute atomic E-state index is 0.0706. The van der Waals surface area contributed by atoms with Crippen molar-refractivity contribution >= 4 is 50.3 Å². The molecule has 1 saturated heterocycles. The first-order valence-corrected chi connectivity index (χ1v) is 11.5. The molecule has 4 heterocycles. The summed E-state index contributed by atoms with van der Waals surface area (Å²) in [5.41, 5.74) is 1.76. The molecule has 11 heteroatoms. The lowest BCUT2D eigenvalue weighted by Gasteiger charge is -2.36. The molecule has 0 bridgehead atoms. The van der Waals surface area contributed by atoms with Gasteiger partial charge in [0.05, 0.1) is 21.2 Å². The molecule has 1 aliphatic heterocycles. The third-order valence-electron chi connectivity index (χ3n) is 5.20. The van der Waals surface area contributed by atoms with Crippen LogP contribution in [0.4, 0.5) is 16.2 Å². The molecule has 10 nitrogen and oxygen atoms in total. The zero-order valence-electron chi connectivity index (χ0n) is 19.0. The number of alkyl carbamates (subject to hydrolysis) is 1. The Kier molecular flexibility index (Phi) is 6.33. The Bertz CT molecular complexity index is 1180. The summed E-state index contributed by atoms with van der Waals surface area (Å²) in [5.74, 6) is 0.183. The predicted molar refractivity (Wildman–Crippen MR) is 128 cm³/mol. The van der Waals surface area contributed by atoms with Crippen molar-refractivity contribution in [3.63, 3.8) is 0 Å². The van der Waals surface area contributed by atoms with Gasteiger partial charge < -0.3 is 29.8 Å². The standard InChI is InChI=1S/C22H27BrN6O4/c1-12-8-15(28-33-12)20(30)27-16-10-25-19-17(16)18(14(23)9-24-19)29-7-5-6-13(11-29)26-21(31)32-22(2,3)4/h8-10,13H,5-7,11H2,1-4H3,(H,24,25)(H,26,31)(H,27,30). The number of carbonyl (C=O) groups excluding carboxylic acids is 2. The van der Waals surface area contributed by atoms with Crippen LogP contribution in [0.2, 0.25) is 0 Å². The van der Waals surface area contributed by atoms with Gasteiger partial charge in [0.15, 0.2) is 5.69 Å². The Labute approximate surface area is 199 Å². The van der Waals surface area contributed by atoms with Crippen molar-refractivity contribution in [3.8, 4) is 0 Å². The zero-order chi connectivity index (χ0) is 23.8. The Hall–Kier alpha value is -3.08. The van der Waals surface area contributed by atoms with Crippen LogP contribution in [0.3, 0.4) is 0 Å². The number of fused-ring (bicyclic) bond motifs is 1. The van der Waals surface area contributed by atoms with Crippen LogP contribution in [-0.4, -0.2) is 51.9 Å². The molecule has 0 spiro atoms. The summed E-state index contributed by atoms with van der Waals surface area (Å²) < 4.78 is 11.2. The molecule has 0 radical (unpaired) electrons. The second-order valence-corrected chi connectivity index (χ2v) is 9.94. The molecule has 3 N–H and O–H groups in total. The first kappa shape index (κ1) is 23.1. The number of H-pyrrole nitrogens is 1. The maximum absolute atomic E-state index is 12.7. The van der Waals surface area contributed by atoms with E-state index in [0.29, 0.717) is 23.6 Å². The van der Waals surface area contributed by atoms with Gasteiger partial charge in [0.2, 0.25) is 0 Å². The van der Waals surface area contributed by atoms with Crippen molar-refractivity contribution in [1.29, 1.82) is 0 Å². The van der Waals surface area contributed by atoms with E-state index in [1.165, 1.54) is 0 Å². The lowest BCUT2D eigenvalue weighted by molar-refractivity contribution is 0.0500. The van der Waals surface area contributed by atoms with Gasteiger partial charge in [0.25, 0.3) is 5.91 Å². The van der Waals surface area contributed by atoms with Gasteiger partial charge in [-0.05, 0) is 56.5 Å². The summed E-state index contributed by atoms with van der Waals surface area (Å²) in [6, 6.07) is 1.51. The van der Waals surface area contributed by atoms with Crippen LogP contribution in [-0.2, 0) is 4.74 Å². The van der Waals surface area contributed by atoms with Gasteiger partial charge in [-0.1, -0.05) is 5.16 Å². The van der Waals surface area contributed by atoms with E-state index in [1.54, 1.807) is 25.4 Å². The fourth-order valence-corrected chi connectivity index (χ4v) is 4.45. The van der Waals surface area contributed by atoms with Crippen molar-refractivity contribution in [2.24, 2.45) is 0 Å². The Balaban J connectivity index is 1.59. The molecule has 2 amide bonds. The highest BCUT2D eigenvalue weighted by Crippen LogP contribution is 2.39. The minimum Gasteiger partial charge on any atom is -0.444 e. The Morgan fingerprint density at radius 2 is 2.15 bits per heavy atom. The number of nitrogens with one attached hydrogen (secondary N) is 3. The van der Waals surface area contributed by atoms with Gasteiger partial charge in [-0.2, -0.15) is 0 Å². The van der Waals surface area contributed by atoms with Crippen molar-refractivity contribution in [3.05, 3.63) is 34.4 Å². The molecule has 33 heavy (non-hydrogen) atoms. The van der Waals surface area contributed by atoms with Gasteiger partial charge in [-0.15, -0.1) is 0 Å². The van der Waals surface area contributed by atoms with E-state index in [1.807, 2.05) is 20.8 Å². The second-order valence-electron chi connectivity index (χ2n) is 9.09. The van der Waals surface area contributed by atoms with Crippen molar-refractivity contribution in [2.45, 2.75) is 52.2 Å². The first-order valence-electron chi connectivity index (χ1n) is 10.8. The highest BCUT2D eigenvalue weighted by Gasteiger charge is 2.28. The Morgan fingerprint density at radius 3 is 2.85 bits per heavy atom. The van der Waals surface area contributed by atoms with E-state index in [-0.39, 0.29) is 17.6 Å². The molecule has 1 aliphatic rings. The number of hydrogen-bond acceptors (Lipinski definition) is 7. The van der Waals surface area contributed by atoms with Crippen LogP contribution in [0.1, 0.15) is 49.9 Å². The number of anilines is 2. The molecule has 1 atom stereocenters. The number of aromatic amines is 1. The summed E-state index contributed by atoms with van der Waals surface area (Å²) in [4.78, 5) is 34.7. The molecule has 1 unspecified atom stereocenters. The normalized spacial score (nSPS) is 16.6. The number of aryl methyl sites for hydroxylation is 1. The number of carbonyl (C=O) groups is 2. The van der Waals surface area contributed by atoms with E-state index in [0.717, 1.165) is 34.9 Å². The number of pyridine rings is 1. The number of piperidine rings is 1. The van der Waals surface area contributed by atoms with Gasteiger partial charge >= 0.3 is 6.09 Å². The molecule has 3 aromatic rings. The lowest BCUT2D eigenvalue weighted by Crippen LogP contribution is -2.49. The van der Waals surface area contributed by atoms with Gasteiger partial charge in [-0.25, -0.2) is 9.78 Å². The summed E-state index contributed by atoms with van der Waals surface area (Å²) >= 11 is 3.63. The Morgan fingerprint density at radius 1 is 1.36 bits per heavy atom. The maximum Gasteiger partial charge on any atom is 0.407 e. The minimum atomic E-state index is -0.556. The van der Waals surface area contributed by atoms with Crippen LogP contribution in [0.25, 0.3) is 11.0 Å². The third kappa shape index (κ3) is 5.29. The molecule has 176 valence electrons. The summed E-state index contributed by atoms with van der Waals surface area (Å²) in [6.07, 6.45) is 4.75. The van der Waals surface area contributed by atoms with Crippen molar-refractivity contribution in [2.75, 3.05) is 23.3 Å². The number of aromatic nitrogens is 3. The average molecular weight is 519 g/mol. The summed E-state index contributed by atoms with van der Waals surface area (Å²) in [7, 11) is 0. The average Bonchev–Trinajstić information content (AvgIpc) is 3.33. The number of halogens is 1. The molecular formula is C22H27BrN6O4. The molecule has 0 saturated carbocycles. The van der Waals surface area contributed by atoms with Gasteiger partial charge in [-0.3, -0.25) is 4.79 Å². The van der Waals surface area contributed by atoms with Gasteiger partial charge in [0.1, 0.15) is 17.0 Å². The SMILES string of the molecule is Cc1cc(C(=O)Nc2c[nH]c3ncc(Br)c(N4CCCC(NC(=O)OC(C)(C)C)C4)c23)no1.